The minimum absolute atomic E-state index is 0.108. The molecule has 0 bridgehead atoms. The van der Waals surface area contributed by atoms with Crippen LogP contribution in [0.3, 0.4) is 0 Å². The SMILES string of the molecule is CCCCCCCCCCCCCCCCCCCCCCC(=O)O[C@H](COC(=O)CCCCCCCCCCCCCCCCC(C)CC)COP(=O)(O)OC[C@@H](O)COP(=O)(O)OC[C@@H](COC(=O)CCCCCCCCCCCCC)OC(=O)CCCCCCCCCCCCCCCCC(C)CC. The fraction of sp³-hybridized carbons (Fsp3) is 0.955. The second-order valence-electron chi connectivity index (χ2n) is 32.1. The topological polar surface area (TPSA) is 237 Å². The number of hydrogen-bond acceptors (Lipinski definition) is 15. The van der Waals surface area contributed by atoms with E-state index in [2.05, 4.69) is 41.5 Å². The Kier molecular flexibility index (Phi) is 77.9. The summed E-state index contributed by atoms with van der Waals surface area (Å²) in [5, 5.41) is 10.7. The number of aliphatic hydroxyl groups excluding tert-OH is 1. The minimum atomic E-state index is -4.97. The van der Waals surface area contributed by atoms with Crippen molar-refractivity contribution in [1.29, 1.82) is 0 Å². The van der Waals surface area contributed by atoms with Crippen molar-refractivity contribution in [2.45, 2.75) is 490 Å². The van der Waals surface area contributed by atoms with E-state index in [0.29, 0.717) is 25.7 Å². The maximum atomic E-state index is 13.2. The normalized spacial score (nSPS) is 14.3. The number of phosphoric acid groups is 2. The lowest BCUT2D eigenvalue weighted by molar-refractivity contribution is -0.161. The van der Waals surface area contributed by atoms with Crippen LogP contribution in [0.5, 0.6) is 0 Å². The Bertz CT molecular complexity index is 2050. The second kappa shape index (κ2) is 79.3. The van der Waals surface area contributed by atoms with Crippen LogP contribution in [0, 0.1) is 11.8 Å². The number of unbranched alkanes of at least 4 members (excludes halogenated alkanes) is 55. The van der Waals surface area contributed by atoms with Crippen molar-refractivity contribution in [3.63, 3.8) is 0 Å². The first-order valence-corrected chi connectivity index (χ1v) is 48.6. The Morgan fingerprint density at radius 1 is 0.262 bits per heavy atom. The summed E-state index contributed by atoms with van der Waals surface area (Å²) in [7, 11) is -9.93. The van der Waals surface area contributed by atoms with Gasteiger partial charge >= 0.3 is 39.5 Å². The third-order valence-electron chi connectivity index (χ3n) is 21.4. The van der Waals surface area contributed by atoms with Gasteiger partial charge in [0.25, 0.3) is 0 Å². The van der Waals surface area contributed by atoms with Gasteiger partial charge in [-0.1, -0.05) is 420 Å². The van der Waals surface area contributed by atoms with E-state index in [1.54, 1.807) is 0 Å². The molecular formula is C88H172O17P2. The van der Waals surface area contributed by atoms with Crippen molar-refractivity contribution in [2.24, 2.45) is 11.8 Å². The molecule has 0 heterocycles. The largest absolute Gasteiger partial charge is 0.472 e. The highest BCUT2D eigenvalue weighted by Crippen LogP contribution is 2.45. The molecule has 17 nitrogen and oxygen atoms in total. The third kappa shape index (κ3) is 79.1. The molecule has 107 heavy (non-hydrogen) atoms. The fourth-order valence-electron chi connectivity index (χ4n) is 13.7. The van der Waals surface area contributed by atoms with E-state index in [1.807, 2.05) is 0 Å². The van der Waals surface area contributed by atoms with Gasteiger partial charge in [-0.2, -0.15) is 0 Å². The molecule has 0 fully saturated rings. The number of carbonyl (C=O) groups is 4. The summed E-state index contributed by atoms with van der Waals surface area (Å²) < 4.78 is 69.0. The maximum Gasteiger partial charge on any atom is 0.472 e. The predicted octanol–water partition coefficient (Wildman–Crippen LogP) is 27.0. The molecule has 0 saturated carbocycles. The number of carbonyl (C=O) groups excluding carboxylic acids is 4. The Hall–Kier alpha value is -1.94. The lowest BCUT2D eigenvalue weighted by atomic mass is 9.99. The molecule has 0 spiro atoms. The summed E-state index contributed by atoms with van der Waals surface area (Å²) in [5.41, 5.74) is 0. The zero-order chi connectivity index (χ0) is 78.5. The van der Waals surface area contributed by atoms with Gasteiger partial charge in [0.2, 0.25) is 0 Å². The molecule has 0 aliphatic carbocycles. The van der Waals surface area contributed by atoms with Crippen LogP contribution in [0.1, 0.15) is 472 Å². The first-order chi connectivity index (χ1) is 51.9. The molecule has 0 rings (SSSR count). The van der Waals surface area contributed by atoms with E-state index >= 15 is 0 Å². The highest BCUT2D eigenvalue weighted by Gasteiger charge is 2.31. The monoisotopic (exact) mass is 1560 g/mol. The zero-order valence-electron chi connectivity index (χ0n) is 70.5. The number of rotatable bonds is 87. The average Bonchev–Trinajstić information content (AvgIpc) is 0.900. The molecule has 0 aromatic rings. The van der Waals surface area contributed by atoms with Crippen LogP contribution < -0.4 is 0 Å². The van der Waals surface area contributed by atoms with E-state index in [9.17, 15) is 43.2 Å². The van der Waals surface area contributed by atoms with Crippen molar-refractivity contribution >= 4 is 39.5 Å². The molecule has 0 aromatic heterocycles. The van der Waals surface area contributed by atoms with Gasteiger partial charge in [-0.05, 0) is 37.5 Å². The molecule has 0 aromatic carbocycles. The molecule has 3 N–H and O–H groups in total. The summed E-state index contributed by atoms with van der Waals surface area (Å²) >= 11 is 0. The number of esters is 4. The number of hydrogen-bond donors (Lipinski definition) is 3. The molecule has 7 atom stereocenters. The molecule has 0 amide bonds. The van der Waals surface area contributed by atoms with E-state index in [0.717, 1.165) is 102 Å². The van der Waals surface area contributed by atoms with Gasteiger partial charge in [0.05, 0.1) is 26.4 Å². The van der Waals surface area contributed by atoms with E-state index in [4.69, 9.17) is 37.0 Å². The van der Waals surface area contributed by atoms with Gasteiger partial charge in [0, 0.05) is 25.7 Å². The zero-order valence-corrected chi connectivity index (χ0v) is 72.2. The Labute approximate surface area is 658 Å². The van der Waals surface area contributed by atoms with Gasteiger partial charge in [-0.3, -0.25) is 37.3 Å². The van der Waals surface area contributed by atoms with E-state index in [-0.39, 0.29) is 25.7 Å². The van der Waals surface area contributed by atoms with E-state index in [1.165, 1.54) is 289 Å². The van der Waals surface area contributed by atoms with Crippen molar-refractivity contribution in [3.05, 3.63) is 0 Å². The Balaban J connectivity index is 5.25. The maximum absolute atomic E-state index is 13.2. The molecule has 0 radical (unpaired) electrons. The molecule has 0 aliphatic rings. The summed E-state index contributed by atoms with van der Waals surface area (Å²) in [6.07, 6.45) is 72.0. The van der Waals surface area contributed by atoms with Gasteiger partial charge in [0.1, 0.15) is 19.3 Å². The Morgan fingerprint density at radius 2 is 0.449 bits per heavy atom. The molecular weight excluding hydrogens is 1390 g/mol. The lowest BCUT2D eigenvalue weighted by Gasteiger charge is -2.21. The molecule has 19 heteroatoms. The fourth-order valence-corrected chi connectivity index (χ4v) is 15.3. The van der Waals surface area contributed by atoms with Crippen molar-refractivity contribution in [3.8, 4) is 0 Å². The van der Waals surface area contributed by atoms with E-state index < -0.39 is 97.5 Å². The quantitative estimate of drug-likeness (QED) is 0.0222. The van der Waals surface area contributed by atoms with Crippen LogP contribution in [-0.2, 0) is 65.4 Å². The van der Waals surface area contributed by atoms with Gasteiger partial charge in [-0.25, -0.2) is 9.13 Å². The predicted molar refractivity (Wildman–Crippen MR) is 442 cm³/mol. The molecule has 636 valence electrons. The first kappa shape index (κ1) is 105. The highest BCUT2D eigenvalue weighted by molar-refractivity contribution is 7.47. The second-order valence-corrected chi connectivity index (χ2v) is 35.0. The van der Waals surface area contributed by atoms with Crippen LogP contribution in [0.2, 0.25) is 0 Å². The standard InChI is InChI=1S/C88H172O17P2/c1-7-11-13-15-17-19-21-22-23-24-25-26-27-28-36-42-48-54-60-66-72-87(92)105-84(77-99-86(91)71-65-59-53-47-41-35-31-29-33-39-44-50-56-62-68-80(5)9-3)79-103-107(96,97)101-75-82(89)74-100-106(94,95)102-78-83(76-98-85(90)70-64-58-52-46-38-20-18-16-14-12-8-2)104-88(93)73-67-61-55-49-43-37-32-30-34-40-45-51-57-63-69-81(6)10-4/h80-84,89H,7-79H2,1-6H3,(H,94,95)(H,96,97)/t80?,81?,82-,83+,84+/m0/s1. The first-order valence-electron chi connectivity index (χ1n) is 45.6. The third-order valence-corrected chi connectivity index (χ3v) is 23.3. The van der Waals surface area contributed by atoms with Crippen LogP contribution in [-0.4, -0.2) is 96.7 Å². The lowest BCUT2D eigenvalue weighted by Crippen LogP contribution is -2.30. The van der Waals surface area contributed by atoms with Crippen molar-refractivity contribution in [1.82, 2.24) is 0 Å². The summed E-state index contributed by atoms with van der Waals surface area (Å²) in [5.74, 6) is -0.402. The summed E-state index contributed by atoms with van der Waals surface area (Å²) in [6.45, 7) is 9.79. The van der Waals surface area contributed by atoms with Crippen LogP contribution in [0.4, 0.5) is 0 Å². The molecule has 0 aliphatic heterocycles. The summed E-state index contributed by atoms with van der Waals surface area (Å²) in [6, 6.07) is 0. The van der Waals surface area contributed by atoms with Gasteiger partial charge < -0.3 is 33.8 Å². The minimum Gasteiger partial charge on any atom is -0.462 e. The highest BCUT2D eigenvalue weighted by atomic mass is 31.2. The summed E-state index contributed by atoms with van der Waals surface area (Å²) in [4.78, 5) is 73.3. The van der Waals surface area contributed by atoms with Gasteiger partial charge in [-0.15, -0.1) is 0 Å². The van der Waals surface area contributed by atoms with Crippen molar-refractivity contribution < 1.29 is 80.2 Å². The van der Waals surface area contributed by atoms with Crippen molar-refractivity contribution in [2.75, 3.05) is 39.6 Å². The number of phosphoric ester groups is 2. The molecule has 4 unspecified atom stereocenters. The molecule has 0 saturated heterocycles. The number of aliphatic hydroxyl groups is 1. The van der Waals surface area contributed by atoms with Gasteiger partial charge in [0.15, 0.2) is 12.2 Å². The van der Waals surface area contributed by atoms with Crippen LogP contribution in [0.15, 0.2) is 0 Å². The number of ether oxygens (including phenoxy) is 4. The average molecular weight is 1560 g/mol. The van der Waals surface area contributed by atoms with Crippen LogP contribution >= 0.6 is 15.6 Å². The Morgan fingerprint density at radius 3 is 0.664 bits per heavy atom. The van der Waals surface area contributed by atoms with Crippen LogP contribution in [0.25, 0.3) is 0 Å². The smallest absolute Gasteiger partial charge is 0.462 e.